The summed E-state index contributed by atoms with van der Waals surface area (Å²) in [7, 11) is 1.21. The molecule has 0 aliphatic heterocycles. The number of rotatable bonds is 2. The molecule has 0 atom stereocenters. The minimum absolute atomic E-state index is 0.00609. The molecule has 2 rings (SSSR count). The van der Waals surface area contributed by atoms with Gasteiger partial charge in [0.2, 0.25) is 5.52 Å². The van der Waals surface area contributed by atoms with Crippen molar-refractivity contribution in [2.45, 2.75) is 4.90 Å². The first-order chi connectivity index (χ1) is 7.38. The predicted octanol–water partition coefficient (Wildman–Crippen LogP) is 1.66. The highest BCUT2D eigenvalue weighted by molar-refractivity contribution is 8.13. The largest absolute Gasteiger partial charge is 0.546 e. The third-order valence-corrected chi connectivity index (χ3v) is 3.14. The maximum atomic E-state index is 11.0. The molecular formula is C7H3ClN2O5S. The van der Waals surface area contributed by atoms with Crippen LogP contribution in [0.3, 0.4) is 0 Å². The second-order valence-corrected chi connectivity index (χ2v) is 5.39. The minimum Gasteiger partial charge on any atom is -0.381 e. The molecule has 16 heavy (non-hydrogen) atoms. The number of halogens is 1. The van der Waals surface area contributed by atoms with Crippen molar-refractivity contribution in [3.63, 3.8) is 0 Å². The van der Waals surface area contributed by atoms with E-state index >= 15 is 0 Å². The number of fused-ring (bicyclic) bond motifs is 1. The molecule has 1 aromatic carbocycles. The normalized spacial score (nSPS) is 11.8. The molecule has 0 radical (unpaired) electrons. The summed E-state index contributed by atoms with van der Waals surface area (Å²) in [5.41, 5.74) is 0.184. The third kappa shape index (κ3) is 1.84. The van der Waals surface area contributed by atoms with E-state index in [1.807, 2.05) is 0 Å². The van der Waals surface area contributed by atoms with E-state index in [4.69, 9.17) is 15.1 Å². The first kappa shape index (κ1) is 10.8. The summed E-state index contributed by atoms with van der Waals surface area (Å²) >= 11 is 0. The number of oxazole rings is 1. The van der Waals surface area contributed by atoms with E-state index in [0.29, 0.717) is 0 Å². The average Bonchev–Trinajstić information content (AvgIpc) is 2.58. The SMILES string of the molecule is O=[N+]([O-])c1nc2ccc(S(=O)(=O)Cl)cc2o1. The number of hydrogen-bond donors (Lipinski definition) is 0. The van der Waals surface area contributed by atoms with Crippen LogP contribution in [0.15, 0.2) is 27.5 Å². The van der Waals surface area contributed by atoms with E-state index in [1.54, 1.807) is 0 Å². The van der Waals surface area contributed by atoms with Gasteiger partial charge in [-0.3, -0.25) is 0 Å². The molecule has 0 fully saturated rings. The Morgan fingerprint density at radius 2 is 2.12 bits per heavy atom. The van der Waals surface area contributed by atoms with Crippen LogP contribution in [0.5, 0.6) is 0 Å². The van der Waals surface area contributed by atoms with Crippen LogP contribution in [0.25, 0.3) is 11.1 Å². The molecule has 0 saturated carbocycles. The van der Waals surface area contributed by atoms with Crippen molar-refractivity contribution >= 4 is 36.8 Å². The molecule has 0 N–H and O–H groups in total. The van der Waals surface area contributed by atoms with Crippen molar-refractivity contribution in [3.8, 4) is 0 Å². The van der Waals surface area contributed by atoms with Gasteiger partial charge in [-0.15, -0.1) is 0 Å². The van der Waals surface area contributed by atoms with Gasteiger partial charge in [-0.25, -0.2) is 8.42 Å². The van der Waals surface area contributed by atoms with E-state index < -0.39 is 20.0 Å². The van der Waals surface area contributed by atoms with Gasteiger partial charge in [0, 0.05) is 26.7 Å². The fourth-order valence-electron chi connectivity index (χ4n) is 1.12. The van der Waals surface area contributed by atoms with Crippen LogP contribution in [0.4, 0.5) is 6.01 Å². The standard InChI is InChI=1S/C7H3ClN2O5S/c8-16(13,14)4-1-2-5-6(3-4)15-7(9-5)10(11)12/h1-3H. The van der Waals surface area contributed by atoms with Crippen molar-refractivity contribution < 1.29 is 17.8 Å². The summed E-state index contributed by atoms with van der Waals surface area (Å²) in [5.74, 6) is 0. The Morgan fingerprint density at radius 1 is 1.44 bits per heavy atom. The van der Waals surface area contributed by atoms with Crippen LogP contribution in [-0.4, -0.2) is 18.3 Å². The topological polar surface area (TPSA) is 103 Å². The van der Waals surface area contributed by atoms with Crippen LogP contribution < -0.4 is 0 Å². The highest BCUT2D eigenvalue weighted by atomic mass is 35.7. The maximum Gasteiger partial charge on any atom is 0.546 e. The molecule has 0 aliphatic rings. The third-order valence-electron chi connectivity index (χ3n) is 1.79. The van der Waals surface area contributed by atoms with Gasteiger partial charge in [0.15, 0.2) is 5.58 Å². The Hall–Kier alpha value is -1.67. The summed E-state index contributed by atoms with van der Waals surface area (Å²) in [6.45, 7) is 0. The second-order valence-electron chi connectivity index (χ2n) is 2.82. The van der Waals surface area contributed by atoms with Crippen molar-refractivity contribution in [2.24, 2.45) is 0 Å². The summed E-state index contributed by atoms with van der Waals surface area (Å²) in [4.78, 5) is 12.9. The van der Waals surface area contributed by atoms with Crippen molar-refractivity contribution in [2.75, 3.05) is 0 Å². The Balaban J connectivity index is 2.67. The molecule has 0 amide bonds. The number of hydrogen-bond acceptors (Lipinski definition) is 6. The summed E-state index contributed by atoms with van der Waals surface area (Å²) in [5, 5.41) is 10.4. The van der Waals surface area contributed by atoms with Crippen LogP contribution in [0, 0.1) is 10.1 Å². The Labute approximate surface area is 93.2 Å². The highest BCUT2D eigenvalue weighted by Gasteiger charge is 2.20. The fraction of sp³-hybridized carbons (Fsp3) is 0. The minimum atomic E-state index is -3.89. The van der Waals surface area contributed by atoms with E-state index in [1.165, 1.54) is 12.1 Å². The zero-order valence-corrected chi connectivity index (χ0v) is 9.03. The van der Waals surface area contributed by atoms with E-state index in [2.05, 4.69) is 4.98 Å². The molecule has 7 nitrogen and oxygen atoms in total. The Bertz CT molecular complexity index is 677. The van der Waals surface area contributed by atoms with E-state index in [9.17, 15) is 18.5 Å². The van der Waals surface area contributed by atoms with Crippen LogP contribution >= 0.6 is 10.7 Å². The van der Waals surface area contributed by atoms with Gasteiger partial charge in [0.25, 0.3) is 9.05 Å². The van der Waals surface area contributed by atoms with Gasteiger partial charge < -0.3 is 14.5 Å². The van der Waals surface area contributed by atoms with Gasteiger partial charge in [0.05, 0.1) is 4.90 Å². The van der Waals surface area contributed by atoms with Gasteiger partial charge in [-0.2, -0.15) is 0 Å². The summed E-state index contributed by atoms with van der Waals surface area (Å²) in [6.07, 6.45) is 0. The average molecular weight is 263 g/mol. The lowest BCUT2D eigenvalue weighted by Gasteiger charge is -1.91. The zero-order valence-electron chi connectivity index (χ0n) is 7.45. The van der Waals surface area contributed by atoms with E-state index in [0.717, 1.165) is 6.07 Å². The molecule has 2 aromatic rings. The van der Waals surface area contributed by atoms with Crippen molar-refractivity contribution in [1.29, 1.82) is 0 Å². The lowest BCUT2D eigenvalue weighted by atomic mass is 10.3. The molecule has 84 valence electrons. The lowest BCUT2D eigenvalue weighted by Crippen LogP contribution is -1.89. The molecule has 0 saturated heterocycles. The van der Waals surface area contributed by atoms with Crippen LogP contribution in [0.2, 0.25) is 0 Å². The number of nitrogens with zero attached hydrogens (tertiary/aromatic N) is 2. The van der Waals surface area contributed by atoms with Gasteiger partial charge >= 0.3 is 6.01 Å². The summed E-state index contributed by atoms with van der Waals surface area (Å²) in [6, 6.07) is 2.86. The fourth-order valence-corrected chi connectivity index (χ4v) is 1.89. The summed E-state index contributed by atoms with van der Waals surface area (Å²) < 4.78 is 26.7. The van der Waals surface area contributed by atoms with Gasteiger partial charge in [-0.1, -0.05) is 0 Å². The number of benzene rings is 1. The first-order valence-corrected chi connectivity index (χ1v) is 6.18. The smallest absolute Gasteiger partial charge is 0.381 e. The molecule has 0 bridgehead atoms. The molecule has 0 unspecified atom stereocenters. The first-order valence-electron chi connectivity index (χ1n) is 3.87. The van der Waals surface area contributed by atoms with Crippen LogP contribution in [0.1, 0.15) is 0 Å². The molecule has 0 spiro atoms. The molecule has 0 aliphatic carbocycles. The Morgan fingerprint density at radius 3 is 2.69 bits per heavy atom. The molecule has 9 heteroatoms. The Kier molecular flexibility index (Phi) is 2.32. The maximum absolute atomic E-state index is 11.0. The highest BCUT2D eigenvalue weighted by Crippen LogP contribution is 2.24. The van der Waals surface area contributed by atoms with E-state index in [-0.39, 0.29) is 16.0 Å². The molecule has 1 aromatic heterocycles. The monoisotopic (exact) mass is 262 g/mol. The molecular weight excluding hydrogens is 260 g/mol. The number of nitro groups is 1. The molecule has 1 heterocycles. The van der Waals surface area contributed by atoms with Crippen molar-refractivity contribution in [3.05, 3.63) is 28.3 Å². The lowest BCUT2D eigenvalue weighted by molar-refractivity contribution is -0.406. The quantitative estimate of drug-likeness (QED) is 0.463. The van der Waals surface area contributed by atoms with Gasteiger partial charge in [-0.05, 0) is 12.1 Å². The van der Waals surface area contributed by atoms with Crippen molar-refractivity contribution in [1.82, 2.24) is 4.98 Å². The van der Waals surface area contributed by atoms with Crippen LogP contribution in [-0.2, 0) is 9.05 Å². The zero-order chi connectivity index (χ0) is 11.9. The number of aromatic nitrogens is 1. The predicted molar refractivity (Wildman–Crippen MR) is 53.7 cm³/mol. The van der Waals surface area contributed by atoms with Gasteiger partial charge in [0.1, 0.15) is 0 Å². The second kappa shape index (κ2) is 3.42.